The number of likely N-dealkylation sites (tertiary alicyclic amines) is 1. The lowest BCUT2D eigenvalue weighted by molar-refractivity contribution is -0.905. The number of thiocarbonyl (C=S) groups is 1. The van der Waals surface area contributed by atoms with E-state index in [0.29, 0.717) is 22.4 Å². The Labute approximate surface area is 177 Å². The zero-order valence-corrected chi connectivity index (χ0v) is 18.0. The zero-order chi connectivity index (χ0) is 19.8. The molecule has 0 saturated carbocycles. The van der Waals surface area contributed by atoms with Crippen molar-refractivity contribution in [1.82, 2.24) is 4.90 Å². The Hall–Kier alpha value is -1.76. The van der Waals surface area contributed by atoms with E-state index >= 15 is 0 Å². The van der Waals surface area contributed by atoms with Crippen LogP contribution in [0.25, 0.3) is 0 Å². The molecule has 2 heterocycles. The van der Waals surface area contributed by atoms with E-state index in [1.165, 1.54) is 38.9 Å². The van der Waals surface area contributed by atoms with Crippen molar-refractivity contribution < 1.29 is 14.1 Å². The number of halogens is 1. The number of methoxy groups -OCH3 is 1. The number of rotatable bonds is 8. The first kappa shape index (κ1) is 21.0. The molecule has 2 aromatic rings. The smallest absolute Gasteiger partial charge is 0.173 e. The monoisotopic (exact) mass is 422 g/mol. The first-order chi connectivity index (χ1) is 13.7. The fourth-order valence-corrected chi connectivity index (χ4v) is 4.07. The van der Waals surface area contributed by atoms with Crippen LogP contribution >= 0.6 is 23.8 Å². The van der Waals surface area contributed by atoms with Crippen LogP contribution in [-0.2, 0) is 6.54 Å². The summed E-state index contributed by atoms with van der Waals surface area (Å²) in [6.07, 6.45) is 6.86. The molecule has 0 aliphatic carbocycles. The fourth-order valence-electron chi connectivity index (χ4n) is 3.64. The van der Waals surface area contributed by atoms with Crippen molar-refractivity contribution in [2.24, 2.45) is 0 Å². The number of nitrogens with zero attached hydrogens (tertiary/aromatic N) is 1. The molecule has 0 amide bonds. The summed E-state index contributed by atoms with van der Waals surface area (Å²) in [6, 6.07) is 9.35. The van der Waals surface area contributed by atoms with Crippen molar-refractivity contribution in [1.29, 1.82) is 0 Å². The van der Waals surface area contributed by atoms with Gasteiger partial charge in [-0.3, -0.25) is 0 Å². The minimum Gasteiger partial charge on any atom is -0.495 e. The van der Waals surface area contributed by atoms with Crippen LogP contribution in [0.5, 0.6) is 5.75 Å². The van der Waals surface area contributed by atoms with Crippen LogP contribution < -0.4 is 15.0 Å². The van der Waals surface area contributed by atoms with Gasteiger partial charge >= 0.3 is 0 Å². The second kappa shape index (κ2) is 10.7. The van der Waals surface area contributed by atoms with Gasteiger partial charge in [0.25, 0.3) is 0 Å². The second-order valence-corrected chi connectivity index (χ2v) is 8.01. The number of ether oxygens (including phenoxy) is 1. The Morgan fingerprint density at radius 3 is 2.82 bits per heavy atom. The first-order valence-electron chi connectivity index (χ1n) is 9.91. The Kier molecular flexibility index (Phi) is 8.01. The number of nitrogens with one attached hydrogen (secondary N) is 2. The summed E-state index contributed by atoms with van der Waals surface area (Å²) in [6.45, 7) is 5.27. The third kappa shape index (κ3) is 6.12. The second-order valence-electron chi connectivity index (χ2n) is 7.19. The molecule has 0 unspecified atom stereocenters. The van der Waals surface area contributed by atoms with Crippen molar-refractivity contribution in [3.05, 3.63) is 47.4 Å². The lowest BCUT2D eigenvalue weighted by Crippen LogP contribution is -3.12. The average molecular weight is 423 g/mol. The van der Waals surface area contributed by atoms with Crippen molar-refractivity contribution in [3.63, 3.8) is 0 Å². The zero-order valence-electron chi connectivity index (χ0n) is 16.4. The minimum atomic E-state index is 0.636. The first-order valence-corrected chi connectivity index (χ1v) is 10.7. The summed E-state index contributed by atoms with van der Waals surface area (Å²) in [4.78, 5) is 3.86. The number of furan rings is 1. The van der Waals surface area contributed by atoms with Crippen molar-refractivity contribution in [3.8, 4) is 5.75 Å². The van der Waals surface area contributed by atoms with E-state index in [-0.39, 0.29) is 0 Å². The highest BCUT2D eigenvalue weighted by Crippen LogP contribution is 2.28. The van der Waals surface area contributed by atoms with E-state index in [0.717, 1.165) is 24.4 Å². The molecule has 1 aliphatic heterocycles. The van der Waals surface area contributed by atoms with Gasteiger partial charge in [-0.1, -0.05) is 11.6 Å². The van der Waals surface area contributed by atoms with Gasteiger partial charge in [-0.15, -0.1) is 0 Å². The molecule has 0 bridgehead atoms. The summed E-state index contributed by atoms with van der Waals surface area (Å²) in [5.41, 5.74) is 0.770. The number of quaternary nitrogens is 1. The van der Waals surface area contributed by atoms with E-state index in [9.17, 15) is 0 Å². The maximum Gasteiger partial charge on any atom is 0.173 e. The number of hydrogen-bond acceptors (Lipinski definition) is 3. The highest BCUT2D eigenvalue weighted by atomic mass is 35.5. The SMILES string of the molecule is COc1ccc(Cl)cc1NC(=S)N(CCC[NH+]1CCCCC1)Cc1ccco1. The molecule has 1 saturated heterocycles. The molecular weight excluding hydrogens is 394 g/mol. The maximum atomic E-state index is 6.15. The fraction of sp³-hybridized carbons (Fsp3) is 0.476. The normalized spacial score (nSPS) is 14.6. The number of hydrogen-bond donors (Lipinski definition) is 2. The van der Waals surface area contributed by atoms with Gasteiger partial charge in [0.2, 0.25) is 0 Å². The molecule has 0 atom stereocenters. The van der Waals surface area contributed by atoms with Crippen molar-refractivity contribution in [2.45, 2.75) is 32.2 Å². The van der Waals surface area contributed by atoms with Gasteiger partial charge in [-0.05, 0) is 61.8 Å². The van der Waals surface area contributed by atoms with Gasteiger partial charge in [0.15, 0.2) is 5.11 Å². The molecule has 7 heteroatoms. The topological polar surface area (TPSA) is 42.1 Å². The summed E-state index contributed by atoms with van der Waals surface area (Å²) in [5.74, 6) is 1.61. The quantitative estimate of drug-likeness (QED) is 0.636. The van der Waals surface area contributed by atoms with Gasteiger partial charge in [-0.2, -0.15) is 0 Å². The lowest BCUT2D eigenvalue weighted by Gasteiger charge is -2.28. The molecule has 5 nitrogen and oxygen atoms in total. The Bertz CT molecular complexity index is 748. The van der Waals surface area contributed by atoms with Crippen LogP contribution in [0.4, 0.5) is 5.69 Å². The molecule has 28 heavy (non-hydrogen) atoms. The number of piperidine rings is 1. The standard InChI is InChI=1S/C21H28ClN3O2S/c1-26-20-9-8-17(22)15-19(20)23-21(28)25(16-18-7-5-14-27-18)13-6-12-24-10-3-2-4-11-24/h5,7-9,14-15H,2-4,6,10-13,16H2,1H3,(H,23,28)/p+1. The predicted octanol–water partition coefficient (Wildman–Crippen LogP) is 3.60. The Balaban J connectivity index is 1.63. The van der Waals surface area contributed by atoms with E-state index in [4.69, 9.17) is 33.0 Å². The molecule has 2 N–H and O–H groups in total. The lowest BCUT2D eigenvalue weighted by atomic mass is 10.1. The largest absolute Gasteiger partial charge is 0.495 e. The molecule has 0 spiro atoms. The van der Waals surface area contributed by atoms with Gasteiger partial charge in [0, 0.05) is 18.0 Å². The van der Waals surface area contributed by atoms with Crippen LogP contribution in [-0.4, -0.2) is 43.3 Å². The third-order valence-electron chi connectivity index (χ3n) is 5.14. The highest BCUT2D eigenvalue weighted by Gasteiger charge is 2.17. The molecular formula is C21H29ClN3O2S+. The van der Waals surface area contributed by atoms with Crippen molar-refractivity contribution in [2.75, 3.05) is 38.6 Å². The average Bonchev–Trinajstić information content (AvgIpc) is 3.21. The van der Waals surface area contributed by atoms with E-state index in [1.807, 2.05) is 24.3 Å². The summed E-state index contributed by atoms with van der Waals surface area (Å²) in [7, 11) is 1.64. The molecule has 1 aliphatic rings. The molecule has 0 radical (unpaired) electrons. The van der Waals surface area contributed by atoms with Crippen LogP contribution in [0.15, 0.2) is 41.0 Å². The third-order valence-corrected chi connectivity index (χ3v) is 5.73. The molecule has 152 valence electrons. The predicted molar refractivity (Wildman–Crippen MR) is 117 cm³/mol. The summed E-state index contributed by atoms with van der Waals surface area (Å²) in [5, 5.41) is 4.58. The van der Waals surface area contributed by atoms with Gasteiger partial charge < -0.3 is 24.3 Å². The van der Waals surface area contributed by atoms with E-state index in [1.54, 1.807) is 24.3 Å². The highest BCUT2D eigenvalue weighted by molar-refractivity contribution is 7.80. The van der Waals surface area contributed by atoms with Gasteiger partial charge in [-0.25, -0.2) is 0 Å². The van der Waals surface area contributed by atoms with E-state index < -0.39 is 0 Å². The minimum absolute atomic E-state index is 0.636. The molecule has 1 aromatic heterocycles. The van der Waals surface area contributed by atoms with Crippen LogP contribution in [0.1, 0.15) is 31.4 Å². The van der Waals surface area contributed by atoms with Crippen LogP contribution in [0, 0.1) is 0 Å². The number of benzene rings is 1. The molecule has 3 rings (SSSR count). The van der Waals surface area contributed by atoms with Crippen LogP contribution in [0.2, 0.25) is 5.02 Å². The van der Waals surface area contributed by atoms with Gasteiger partial charge in [0.05, 0.1) is 45.2 Å². The maximum absolute atomic E-state index is 6.15. The number of anilines is 1. The van der Waals surface area contributed by atoms with Crippen LogP contribution in [0.3, 0.4) is 0 Å². The molecule has 1 fully saturated rings. The molecule has 1 aromatic carbocycles. The van der Waals surface area contributed by atoms with Crippen molar-refractivity contribution >= 4 is 34.6 Å². The van der Waals surface area contributed by atoms with Gasteiger partial charge in [0.1, 0.15) is 11.5 Å². The summed E-state index contributed by atoms with van der Waals surface area (Å²) < 4.78 is 11.0. The van der Waals surface area contributed by atoms with E-state index in [2.05, 4.69) is 10.2 Å². The Morgan fingerprint density at radius 1 is 1.29 bits per heavy atom. The summed E-state index contributed by atoms with van der Waals surface area (Å²) >= 11 is 11.9. The Morgan fingerprint density at radius 2 is 2.11 bits per heavy atom.